The van der Waals surface area contributed by atoms with Gasteiger partial charge >= 0.3 is 23.1 Å². The summed E-state index contributed by atoms with van der Waals surface area (Å²) in [5.41, 5.74) is 0.860. The van der Waals surface area contributed by atoms with E-state index in [0.29, 0.717) is 5.82 Å². The van der Waals surface area contributed by atoms with Crippen molar-refractivity contribution in [3.63, 3.8) is 0 Å². The fourth-order valence-corrected chi connectivity index (χ4v) is 3.17. The van der Waals surface area contributed by atoms with Crippen LogP contribution in [-0.2, 0) is 4.74 Å². The molecule has 0 N–H and O–H groups in total. The molecule has 2 aromatic carbocycles. The molecule has 2 aromatic heterocycles. The Labute approximate surface area is 261 Å². The Balaban J connectivity index is 0.000000482. The molecule has 7 nitrogen and oxygen atoms in total. The quantitative estimate of drug-likeness (QED) is 0.227. The molecule has 1 saturated heterocycles. The van der Waals surface area contributed by atoms with Crippen LogP contribution in [0.2, 0.25) is 26.4 Å². The SMILES string of the molecule is C1CCOC1.Clc1nc(Cl)nc(-c2ccccc2)n1.Clc1nc(Cl)nc(Cl)n1.[Br-].[Mg+2].[c-]1ccccc1. The Hall–Kier alpha value is -0.884. The summed E-state index contributed by atoms with van der Waals surface area (Å²) in [7, 11) is 0. The molecule has 0 amide bonds. The maximum atomic E-state index is 5.65. The van der Waals surface area contributed by atoms with Crippen molar-refractivity contribution >= 4 is 81.1 Å². The summed E-state index contributed by atoms with van der Waals surface area (Å²) in [6.07, 6.45) is 2.56. The number of nitrogens with zero attached hydrogens (tertiary/aromatic N) is 6. The van der Waals surface area contributed by atoms with Crippen molar-refractivity contribution in [2.45, 2.75) is 12.8 Å². The van der Waals surface area contributed by atoms with E-state index in [9.17, 15) is 0 Å². The molecule has 14 heteroatoms. The van der Waals surface area contributed by atoms with Gasteiger partial charge in [0.05, 0.1) is 0 Å². The average molecular weight is 664 g/mol. The molecule has 3 heterocycles. The topological polar surface area (TPSA) is 86.6 Å². The van der Waals surface area contributed by atoms with Gasteiger partial charge in [0.2, 0.25) is 26.4 Å². The number of benzene rings is 2. The van der Waals surface area contributed by atoms with Gasteiger partial charge in [-0.2, -0.15) is 66.3 Å². The molecule has 0 unspecified atom stereocenters. The van der Waals surface area contributed by atoms with Gasteiger partial charge in [0.25, 0.3) is 0 Å². The van der Waals surface area contributed by atoms with Gasteiger partial charge in [-0.3, -0.25) is 0 Å². The Kier molecular flexibility index (Phi) is 20.6. The van der Waals surface area contributed by atoms with Crippen molar-refractivity contribution in [1.29, 1.82) is 0 Å². The fourth-order valence-electron chi connectivity index (χ4n) is 2.20. The maximum absolute atomic E-state index is 5.65. The normalized spacial score (nSPS) is 11.0. The van der Waals surface area contributed by atoms with E-state index >= 15 is 0 Å². The molecule has 36 heavy (non-hydrogen) atoms. The van der Waals surface area contributed by atoms with Crippen molar-refractivity contribution in [3.8, 4) is 11.4 Å². The van der Waals surface area contributed by atoms with E-state index in [-0.39, 0.29) is 66.5 Å². The molecular formula is C22H18BrCl5MgN6O. The molecule has 0 bridgehead atoms. The first-order valence-electron chi connectivity index (χ1n) is 9.78. The molecule has 5 rings (SSSR count). The Morgan fingerprint density at radius 2 is 0.972 bits per heavy atom. The van der Waals surface area contributed by atoms with Crippen LogP contribution in [0.15, 0.2) is 60.7 Å². The third-order valence-corrected chi connectivity index (χ3v) is 4.45. The van der Waals surface area contributed by atoms with Crippen molar-refractivity contribution < 1.29 is 21.7 Å². The van der Waals surface area contributed by atoms with Crippen molar-refractivity contribution in [2.24, 2.45) is 0 Å². The number of ether oxygens (including phenoxy) is 1. The molecule has 1 aliphatic heterocycles. The fraction of sp³-hybridized carbons (Fsp3) is 0.182. The Bertz CT molecular complexity index is 1010. The van der Waals surface area contributed by atoms with Gasteiger partial charge in [0.15, 0.2) is 5.82 Å². The first-order valence-corrected chi connectivity index (χ1v) is 11.7. The summed E-state index contributed by atoms with van der Waals surface area (Å²) in [5, 5.41) is 0.202. The molecule has 0 saturated carbocycles. The van der Waals surface area contributed by atoms with Crippen LogP contribution in [0, 0.1) is 6.07 Å². The zero-order valence-corrected chi connectivity index (χ0v) is 25.4. The van der Waals surface area contributed by atoms with Crippen molar-refractivity contribution in [2.75, 3.05) is 13.2 Å². The summed E-state index contributed by atoms with van der Waals surface area (Å²) in [4.78, 5) is 22.0. The molecule has 0 radical (unpaired) electrons. The van der Waals surface area contributed by atoms with Crippen LogP contribution >= 0.6 is 58.0 Å². The van der Waals surface area contributed by atoms with E-state index in [0.717, 1.165) is 18.8 Å². The molecule has 4 aromatic rings. The third kappa shape index (κ3) is 16.1. The van der Waals surface area contributed by atoms with E-state index in [2.05, 4.69) is 36.0 Å². The minimum atomic E-state index is 0. The second-order valence-corrected chi connectivity index (χ2v) is 7.79. The molecule has 0 aliphatic carbocycles. The first kappa shape index (κ1) is 35.1. The van der Waals surface area contributed by atoms with Crippen LogP contribution in [-0.4, -0.2) is 66.2 Å². The van der Waals surface area contributed by atoms with Gasteiger partial charge in [0.1, 0.15) is 0 Å². The average Bonchev–Trinajstić information content (AvgIpc) is 3.41. The second-order valence-electron chi connectivity index (χ2n) is 6.10. The number of hydrogen-bond acceptors (Lipinski definition) is 7. The van der Waals surface area contributed by atoms with Crippen molar-refractivity contribution in [1.82, 2.24) is 29.9 Å². The van der Waals surface area contributed by atoms with Crippen LogP contribution in [0.25, 0.3) is 11.4 Å². The molecule has 0 atom stereocenters. The maximum Gasteiger partial charge on any atom is 2.00 e. The predicted molar refractivity (Wildman–Crippen MR) is 141 cm³/mol. The van der Waals surface area contributed by atoms with E-state index in [1.807, 2.05) is 60.7 Å². The standard InChI is InChI=1S/C9H5Cl2N3.C6H5.C4H8O.C3Cl3N3.BrH.Mg/c10-8-12-7(13-9(11)14-8)6-4-2-1-3-5-6;1-2-4-6-5-3-1;1-2-4-5-3-1;4-1-7-2(5)9-3(6)8-1;;/h1-5H;1-5H;1-4H2;;1H;/q;-1;;;;+2/p-1. The van der Waals surface area contributed by atoms with Crippen LogP contribution < -0.4 is 17.0 Å². The minimum absolute atomic E-state index is 0. The zero-order valence-electron chi connectivity index (χ0n) is 18.7. The minimum Gasteiger partial charge on any atom is -1.00 e. The molecule has 1 aliphatic rings. The molecule has 186 valence electrons. The summed E-state index contributed by atoms with van der Waals surface area (Å²) in [5.74, 6) is 0.482. The van der Waals surface area contributed by atoms with Crippen LogP contribution in [0.3, 0.4) is 0 Å². The first-order chi connectivity index (χ1) is 16.4. The number of rotatable bonds is 1. The largest absolute Gasteiger partial charge is 2.00 e. The predicted octanol–water partition coefficient (Wildman–Crippen LogP) is 3.58. The van der Waals surface area contributed by atoms with Crippen LogP contribution in [0.1, 0.15) is 12.8 Å². The van der Waals surface area contributed by atoms with Gasteiger partial charge in [0, 0.05) is 18.8 Å². The van der Waals surface area contributed by atoms with Crippen LogP contribution in [0.4, 0.5) is 0 Å². The zero-order chi connectivity index (χ0) is 24.6. The summed E-state index contributed by atoms with van der Waals surface area (Å²) >= 11 is 27.3. The third-order valence-electron chi connectivity index (χ3n) is 3.60. The van der Waals surface area contributed by atoms with Crippen LogP contribution in [0.5, 0.6) is 0 Å². The monoisotopic (exact) mass is 660 g/mol. The van der Waals surface area contributed by atoms with Crippen molar-refractivity contribution in [3.05, 3.63) is 93.1 Å². The number of aromatic nitrogens is 6. The Morgan fingerprint density at radius 1 is 0.583 bits per heavy atom. The van der Waals surface area contributed by atoms with Gasteiger partial charge in [-0.15, -0.1) is 0 Å². The second kappa shape index (κ2) is 21.1. The van der Waals surface area contributed by atoms with Gasteiger partial charge in [-0.05, 0) is 70.8 Å². The van der Waals surface area contributed by atoms with Gasteiger partial charge in [-0.1, -0.05) is 30.3 Å². The summed E-state index contributed by atoms with van der Waals surface area (Å²) < 4.78 is 4.94. The smallest absolute Gasteiger partial charge is 1.00 e. The summed E-state index contributed by atoms with van der Waals surface area (Å²) in [6, 6.07) is 21.9. The van der Waals surface area contributed by atoms with E-state index in [1.54, 1.807) is 0 Å². The Morgan fingerprint density at radius 3 is 1.28 bits per heavy atom. The number of hydrogen-bond donors (Lipinski definition) is 0. The van der Waals surface area contributed by atoms with Gasteiger partial charge < -0.3 is 21.7 Å². The van der Waals surface area contributed by atoms with E-state index in [1.165, 1.54) is 12.8 Å². The van der Waals surface area contributed by atoms with E-state index in [4.69, 9.17) is 62.7 Å². The molecular weight excluding hydrogens is 646 g/mol. The molecule has 0 spiro atoms. The summed E-state index contributed by atoms with van der Waals surface area (Å²) in [6.45, 7) is 2.00. The van der Waals surface area contributed by atoms with E-state index < -0.39 is 0 Å². The number of halogens is 6. The molecule has 1 fully saturated rings. The van der Waals surface area contributed by atoms with Gasteiger partial charge in [-0.25, -0.2) is 0 Å².